The van der Waals surface area contributed by atoms with Crippen molar-refractivity contribution in [3.05, 3.63) is 87.0 Å². The highest BCUT2D eigenvalue weighted by Gasteiger charge is 2.64. The lowest BCUT2D eigenvalue weighted by molar-refractivity contribution is -0.386. The lowest BCUT2D eigenvalue weighted by Crippen LogP contribution is -2.50. The number of aromatic nitrogens is 1. The minimum Gasteiger partial charge on any atom is -0.361 e. The average molecular weight is 452 g/mol. The Bertz CT molecular complexity index is 1290. The van der Waals surface area contributed by atoms with Crippen LogP contribution in [0.15, 0.2) is 53.1 Å². The smallest absolute Gasteiger partial charge is 0.335 e. The van der Waals surface area contributed by atoms with Crippen molar-refractivity contribution in [2.45, 2.75) is 24.3 Å². The zero-order valence-electron chi connectivity index (χ0n) is 17.0. The zero-order valence-corrected chi connectivity index (χ0v) is 17.9. The summed E-state index contributed by atoms with van der Waals surface area (Å²) in [6.07, 6.45) is 0. The first-order chi connectivity index (χ1) is 15.3. The number of hydrogen-bond donors (Lipinski definition) is 1. The Kier molecular flexibility index (Phi) is 4.38. The standard InChI is InChI=1S/C22H17FN4O4S/c1-11-18(27(29)30)19(31-25-11)16-17(12-7-9-13(23)10-8-12)22(24-20(16)32)14-5-3-4-6-15(14)26(2)21(22)28/h3-10,16-17H,1-2H3,(H,24,32)/t16-,17+,22-/m0/s1. The molecule has 2 aromatic carbocycles. The molecule has 162 valence electrons. The number of nitrogens with zero attached hydrogens (tertiary/aromatic N) is 3. The number of aryl methyl sites for hydroxylation is 1. The topological polar surface area (TPSA) is 102 Å². The van der Waals surface area contributed by atoms with Gasteiger partial charge in [0, 0.05) is 24.2 Å². The molecule has 1 saturated heterocycles. The van der Waals surface area contributed by atoms with Gasteiger partial charge >= 0.3 is 5.69 Å². The first-order valence-corrected chi connectivity index (χ1v) is 10.2. The van der Waals surface area contributed by atoms with Gasteiger partial charge in [0.05, 0.1) is 15.8 Å². The van der Waals surface area contributed by atoms with Gasteiger partial charge in [-0.15, -0.1) is 0 Å². The maximum Gasteiger partial charge on any atom is 0.335 e. The van der Waals surface area contributed by atoms with E-state index in [0.29, 0.717) is 16.8 Å². The SMILES string of the molecule is Cc1noc([C@H]2C(=S)N[C@]3(C(=O)N(C)c4ccccc43)[C@@H]2c2ccc(F)cc2)c1[N+](=O)[O-]. The molecular formula is C22H17FN4O4S. The van der Waals surface area contributed by atoms with E-state index >= 15 is 0 Å². The number of nitro groups is 1. The summed E-state index contributed by atoms with van der Waals surface area (Å²) >= 11 is 5.64. The van der Waals surface area contributed by atoms with Crippen LogP contribution in [-0.4, -0.2) is 28.0 Å². The monoisotopic (exact) mass is 452 g/mol. The molecule has 1 fully saturated rings. The van der Waals surface area contributed by atoms with Gasteiger partial charge in [0.2, 0.25) is 5.76 Å². The van der Waals surface area contributed by atoms with Crippen LogP contribution in [0, 0.1) is 22.9 Å². The summed E-state index contributed by atoms with van der Waals surface area (Å²) in [5.41, 5.74) is 0.469. The molecule has 1 spiro atoms. The molecule has 0 saturated carbocycles. The van der Waals surface area contributed by atoms with E-state index in [1.165, 1.54) is 24.0 Å². The van der Waals surface area contributed by atoms with E-state index in [1.807, 2.05) is 24.3 Å². The number of halogens is 1. The maximum atomic E-state index is 13.8. The normalized spacial score (nSPS) is 24.2. The second-order valence-electron chi connectivity index (χ2n) is 7.92. The van der Waals surface area contributed by atoms with Crippen molar-refractivity contribution >= 4 is 34.5 Å². The van der Waals surface area contributed by atoms with E-state index in [-0.39, 0.29) is 28.0 Å². The van der Waals surface area contributed by atoms with Gasteiger partial charge in [-0.2, -0.15) is 0 Å². The third kappa shape index (κ3) is 2.56. The van der Waals surface area contributed by atoms with Gasteiger partial charge in [0.1, 0.15) is 5.82 Å². The van der Waals surface area contributed by atoms with Gasteiger partial charge in [-0.05, 0) is 30.7 Å². The molecule has 10 heteroatoms. The van der Waals surface area contributed by atoms with Gasteiger partial charge in [-0.1, -0.05) is 47.7 Å². The molecule has 32 heavy (non-hydrogen) atoms. The van der Waals surface area contributed by atoms with Gasteiger partial charge in [0.25, 0.3) is 5.91 Å². The van der Waals surface area contributed by atoms with Gasteiger partial charge in [-0.3, -0.25) is 14.9 Å². The minimum atomic E-state index is -1.33. The van der Waals surface area contributed by atoms with Crippen molar-refractivity contribution in [2.75, 3.05) is 11.9 Å². The lowest BCUT2D eigenvalue weighted by atomic mass is 9.71. The van der Waals surface area contributed by atoms with Crippen molar-refractivity contribution in [1.82, 2.24) is 10.5 Å². The molecule has 3 aromatic rings. The van der Waals surface area contributed by atoms with E-state index in [2.05, 4.69) is 10.5 Å². The van der Waals surface area contributed by atoms with Crippen molar-refractivity contribution in [2.24, 2.45) is 0 Å². The van der Waals surface area contributed by atoms with Crippen LogP contribution in [-0.2, 0) is 10.3 Å². The van der Waals surface area contributed by atoms with Crippen LogP contribution in [0.25, 0.3) is 0 Å². The number of rotatable bonds is 3. The summed E-state index contributed by atoms with van der Waals surface area (Å²) in [5, 5.41) is 18.8. The highest BCUT2D eigenvalue weighted by molar-refractivity contribution is 7.80. The Morgan fingerprint density at radius 3 is 2.62 bits per heavy atom. The fourth-order valence-electron chi connectivity index (χ4n) is 4.95. The van der Waals surface area contributed by atoms with Crippen molar-refractivity contribution in [3.8, 4) is 0 Å². The Morgan fingerprint density at radius 2 is 1.94 bits per heavy atom. The minimum absolute atomic E-state index is 0.0314. The molecule has 3 heterocycles. The second-order valence-corrected chi connectivity index (χ2v) is 8.36. The Morgan fingerprint density at radius 1 is 1.25 bits per heavy atom. The van der Waals surface area contributed by atoms with Crippen LogP contribution in [0.4, 0.5) is 15.8 Å². The summed E-state index contributed by atoms with van der Waals surface area (Å²) in [5.74, 6) is -2.33. The summed E-state index contributed by atoms with van der Waals surface area (Å²) in [7, 11) is 1.66. The van der Waals surface area contributed by atoms with E-state index in [4.69, 9.17) is 16.7 Å². The average Bonchev–Trinajstić information content (AvgIpc) is 3.36. The van der Waals surface area contributed by atoms with Gasteiger partial charge < -0.3 is 14.7 Å². The molecule has 1 aromatic heterocycles. The number of carbonyl (C=O) groups is 1. The Labute approximate surface area is 187 Å². The lowest BCUT2D eigenvalue weighted by Gasteiger charge is -2.31. The number of amides is 1. The molecule has 0 unspecified atom stereocenters. The van der Waals surface area contributed by atoms with Crippen LogP contribution in [0.3, 0.4) is 0 Å². The third-order valence-electron chi connectivity index (χ3n) is 6.29. The number of anilines is 1. The second kappa shape index (κ2) is 6.92. The molecule has 0 aliphatic carbocycles. The van der Waals surface area contributed by atoms with Crippen molar-refractivity contribution < 1.29 is 18.6 Å². The number of likely N-dealkylation sites (N-methyl/N-ethyl adjacent to an activating group) is 1. The molecule has 1 N–H and O–H groups in total. The maximum absolute atomic E-state index is 13.8. The number of hydrogen-bond acceptors (Lipinski definition) is 6. The highest BCUT2D eigenvalue weighted by atomic mass is 32.1. The summed E-state index contributed by atoms with van der Waals surface area (Å²) in [4.78, 5) is 26.7. The molecule has 8 nitrogen and oxygen atoms in total. The molecule has 0 radical (unpaired) electrons. The predicted octanol–water partition coefficient (Wildman–Crippen LogP) is 3.70. The van der Waals surface area contributed by atoms with E-state index in [0.717, 1.165) is 0 Å². The molecule has 1 amide bonds. The third-order valence-corrected chi connectivity index (χ3v) is 6.64. The number of thiocarbonyl (C=S) groups is 1. The zero-order chi connectivity index (χ0) is 22.8. The quantitative estimate of drug-likeness (QED) is 0.367. The number of fused-ring (bicyclic) bond motifs is 2. The molecular weight excluding hydrogens is 435 g/mol. The summed E-state index contributed by atoms with van der Waals surface area (Å²) in [6, 6.07) is 13.0. The fourth-order valence-corrected chi connectivity index (χ4v) is 5.36. The van der Waals surface area contributed by atoms with Gasteiger partial charge in [-0.25, -0.2) is 4.39 Å². The van der Waals surface area contributed by atoms with E-state index in [9.17, 15) is 19.3 Å². The largest absolute Gasteiger partial charge is 0.361 e. The molecule has 3 atom stereocenters. The first-order valence-electron chi connectivity index (χ1n) is 9.83. The molecule has 5 rings (SSSR count). The molecule has 2 aliphatic heterocycles. The van der Waals surface area contributed by atoms with Crippen LogP contribution in [0.1, 0.15) is 34.4 Å². The highest BCUT2D eigenvalue weighted by Crippen LogP contribution is 2.58. The summed E-state index contributed by atoms with van der Waals surface area (Å²) in [6.45, 7) is 1.48. The first kappa shape index (κ1) is 20.3. The fraction of sp³-hybridized carbons (Fsp3) is 0.227. The summed E-state index contributed by atoms with van der Waals surface area (Å²) < 4.78 is 19.2. The Balaban J connectivity index is 1.81. The van der Waals surface area contributed by atoms with Crippen LogP contribution in [0.2, 0.25) is 0 Å². The van der Waals surface area contributed by atoms with E-state index in [1.54, 1.807) is 19.2 Å². The Hall–Kier alpha value is -3.66. The number of para-hydroxylation sites is 1. The van der Waals surface area contributed by atoms with Crippen molar-refractivity contribution in [1.29, 1.82) is 0 Å². The van der Waals surface area contributed by atoms with E-state index < -0.39 is 28.1 Å². The number of carbonyl (C=O) groups excluding carboxylic acids is 1. The van der Waals surface area contributed by atoms with Crippen LogP contribution < -0.4 is 10.2 Å². The van der Waals surface area contributed by atoms with Crippen LogP contribution in [0.5, 0.6) is 0 Å². The number of nitrogens with one attached hydrogen (secondary N) is 1. The predicted molar refractivity (Wildman–Crippen MR) is 117 cm³/mol. The molecule has 0 bridgehead atoms. The number of benzene rings is 2. The van der Waals surface area contributed by atoms with Crippen LogP contribution >= 0.6 is 12.2 Å². The van der Waals surface area contributed by atoms with Crippen molar-refractivity contribution in [3.63, 3.8) is 0 Å². The van der Waals surface area contributed by atoms with Gasteiger partial charge in [0.15, 0.2) is 11.2 Å². The molecule has 2 aliphatic rings.